The largest absolute Gasteiger partial charge is 0.370 e. The lowest BCUT2D eigenvalue weighted by Gasteiger charge is -2.20. The molecule has 1 rings (SSSR count). The zero-order valence-corrected chi connectivity index (χ0v) is 8.77. The van der Waals surface area contributed by atoms with Crippen LogP contribution < -0.4 is 11.5 Å². The second-order valence-corrected chi connectivity index (χ2v) is 4.55. The van der Waals surface area contributed by atoms with Crippen molar-refractivity contribution in [1.29, 1.82) is 0 Å². The van der Waals surface area contributed by atoms with Crippen LogP contribution in [0, 0.1) is 0 Å². The lowest BCUT2D eigenvalue weighted by molar-refractivity contribution is 0.551. The summed E-state index contributed by atoms with van der Waals surface area (Å²) in [4.78, 5) is 5.33. The molecule has 0 bridgehead atoms. The lowest BCUT2D eigenvalue weighted by Crippen LogP contribution is -2.27. The summed E-state index contributed by atoms with van der Waals surface area (Å²) in [5.41, 5.74) is 10.6. The van der Waals surface area contributed by atoms with Crippen LogP contribution in [0.1, 0.15) is 18.7 Å². The number of thiophene rings is 1. The molecule has 0 saturated carbocycles. The summed E-state index contributed by atoms with van der Waals surface area (Å²) in [6.07, 6.45) is 0. The van der Waals surface area contributed by atoms with Gasteiger partial charge in [0, 0.05) is 10.3 Å². The van der Waals surface area contributed by atoms with Gasteiger partial charge < -0.3 is 11.5 Å². The maximum Gasteiger partial charge on any atom is 0.185 e. The highest BCUT2D eigenvalue weighted by Crippen LogP contribution is 2.27. The molecule has 3 nitrogen and oxygen atoms in total. The van der Waals surface area contributed by atoms with Crippen LogP contribution in [0.5, 0.6) is 0 Å². The van der Waals surface area contributed by atoms with Gasteiger partial charge in [-0.15, -0.1) is 11.3 Å². The quantitative estimate of drug-likeness (QED) is 0.566. The van der Waals surface area contributed by atoms with Crippen molar-refractivity contribution in [3.63, 3.8) is 0 Å². The predicted molar refractivity (Wildman–Crippen MR) is 58.0 cm³/mol. The van der Waals surface area contributed by atoms with Gasteiger partial charge in [-0.2, -0.15) is 0 Å². The van der Waals surface area contributed by atoms with E-state index in [2.05, 4.69) is 30.3 Å². The van der Waals surface area contributed by atoms with Gasteiger partial charge in [-0.3, -0.25) is 4.99 Å². The fraction of sp³-hybridized carbons (Fsp3) is 0.444. The standard InChI is InChI=1S/C9H15N3S/c1-9(2,6-12-8(10)11)7-4-3-5-13-7/h3-5H,6H2,1-2H3,(H4,10,11,12). The van der Waals surface area contributed by atoms with Crippen molar-refractivity contribution < 1.29 is 0 Å². The van der Waals surface area contributed by atoms with Crippen molar-refractivity contribution >= 4 is 17.3 Å². The Morgan fingerprint density at radius 2 is 2.23 bits per heavy atom. The van der Waals surface area contributed by atoms with E-state index in [1.54, 1.807) is 11.3 Å². The molecule has 0 aliphatic rings. The van der Waals surface area contributed by atoms with E-state index in [0.29, 0.717) is 6.54 Å². The molecule has 4 N–H and O–H groups in total. The van der Waals surface area contributed by atoms with E-state index >= 15 is 0 Å². The van der Waals surface area contributed by atoms with Gasteiger partial charge >= 0.3 is 0 Å². The normalized spacial score (nSPS) is 11.2. The van der Waals surface area contributed by atoms with Crippen LogP contribution >= 0.6 is 11.3 Å². The Kier molecular flexibility index (Phi) is 2.93. The molecule has 0 fully saturated rings. The zero-order valence-electron chi connectivity index (χ0n) is 7.95. The van der Waals surface area contributed by atoms with Gasteiger partial charge in [0.2, 0.25) is 0 Å². The second kappa shape index (κ2) is 3.79. The minimum atomic E-state index is 0.0259. The first-order chi connectivity index (χ1) is 6.02. The number of hydrogen-bond donors (Lipinski definition) is 2. The van der Waals surface area contributed by atoms with Crippen molar-refractivity contribution in [2.45, 2.75) is 19.3 Å². The minimum Gasteiger partial charge on any atom is -0.370 e. The van der Waals surface area contributed by atoms with Gasteiger partial charge in [-0.05, 0) is 11.4 Å². The van der Waals surface area contributed by atoms with Crippen LogP contribution in [0.2, 0.25) is 0 Å². The first kappa shape index (κ1) is 10.1. The molecule has 1 aromatic rings. The Balaban J connectivity index is 2.72. The number of nitrogens with two attached hydrogens (primary N) is 2. The SMILES string of the molecule is CC(C)(CN=C(N)N)c1cccs1. The van der Waals surface area contributed by atoms with Gasteiger partial charge in [0.25, 0.3) is 0 Å². The molecular weight excluding hydrogens is 182 g/mol. The highest BCUT2D eigenvalue weighted by atomic mass is 32.1. The van der Waals surface area contributed by atoms with Gasteiger partial charge in [0.15, 0.2) is 5.96 Å². The zero-order chi connectivity index (χ0) is 9.90. The predicted octanol–water partition coefficient (Wildman–Crippen LogP) is 1.30. The van der Waals surface area contributed by atoms with E-state index in [-0.39, 0.29) is 11.4 Å². The van der Waals surface area contributed by atoms with E-state index < -0.39 is 0 Å². The fourth-order valence-corrected chi connectivity index (χ4v) is 1.87. The third-order valence-electron chi connectivity index (χ3n) is 1.85. The molecule has 0 aliphatic heterocycles. The highest BCUT2D eigenvalue weighted by Gasteiger charge is 2.20. The lowest BCUT2D eigenvalue weighted by atomic mass is 9.92. The molecule has 0 unspecified atom stereocenters. The van der Waals surface area contributed by atoms with Gasteiger partial charge in [0.05, 0.1) is 6.54 Å². The van der Waals surface area contributed by atoms with Crippen molar-refractivity contribution in [1.82, 2.24) is 0 Å². The molecule has 0 aromatic carbocycles. The third-order valence-corrected chi connectivity index (χ3v) is 3.08. The molecule has 13 heavy (non-hydrogen) atoms. The van der Waals surface area contributed by atoms with Crippen molar-refractivity contribution in [3.8, 4) is 0 Å². The summed E-state index contributed by atoms with van der Waals surface area (Å²) < 4.78 is 0. The van der Waals surface area contributed by atoms with E-state index in [9.17, 15) is 0 Å². The molecule has 1 aromatic heterocycles. The number of hydrogen-bond acceptors (Lipinski definition) is 2. The molecular formula is C9H15N3S. The highest BCUT2D eigenvalue weighted by molar-refractivity contribution is 7.10. The number of guanidine groups is 1. The Morgan fingerprint density at radius 3 is 2.69 bits per heavy atom. The topological polar surface area (TPSA) is 64.4 Å². The maximum absolute atomic E-state index is 5.28. The van der Waals surface area contributed by atoms with Gasteiger partial charge in [-0.1, -0.05) is 19.9 Å². The fourth-order valence-electron chi connectivity index (χ4n) is 1.03. The summed E-state index contributed by atoms with van der Waals surface area (Å²) >= 11 is 1.73. The Labute approximate surface area is 82.5 Å². The average molecular weight is 197 g/mol. The van der Waals surface area contributed by atoms with E-state index in [1.807, 2.05) is 6.07 Å². The van der Waals surface area contributed by atoms with Crippen molar-refractivity contribution in [2.75, 3.05) is 6.54 Å². The Morgan fingerprint density at radius 1 is 1.54 bits per heavy atom. The molecule has 0 spiro atoms. The Hall–Kier alpha value is -1.03. The second-order valence-electron chi connectivity index (χ2n) is 3.60. The van der Waals surface area contributed by atoms with E-state index in [0.717, 1.165) is 0 Å². The van der Waals surface area contributed by atoms with Crippen LogP contribution in [0.3, 0.4) is 0 Å². The summed E-state index contributed by atoms with van der Waals surface area (Å²) in [6, 6.07) is 4.14. The van der Waals surface area contributed by atoms with E-state index in [4.69, 9.17) is 11.5 Å². The molecule has 0 radical (unpaired) electrons. The van der Waals surface area contributed by atoms with Crippen LogP contribution in [-0.2, 0) is 5.41 Å². The molecule has 0 aliphatic carbocycles. The van der Waals surface area contributed by atoms with Crippen molar-refractivity contribution in [2.24, 2.45) is 16.5 Å². The van der Waals surface area contributed by atoms with Crippen molar-refractivity contribution in [3.05, 3.63) is 22.4 Å². The molecule has 4 heteroatoms. The maximum atomic E-state index is 5.28. The van der Waals surface area contributed by atoms with Crippen LogP contribution in [0.25, 0.3) is 0 Å². The van der Waals surface area contributed by atoms with Gasteiger partial charge in [0.1, 0.15) is 0 Å². The molecule has 0 atom stereocenters. The third kappa shape index (κ3) is 2.73. The molecule has 0 saturated heterocycles. The van der Waals surface area contributed by atoms with Crippen LogP contribution in [-0.4, -0.2) is 12.5 Å². The average Bonchev–Trinajstić information content (AvgIpc) is 2.53. The monoisotopic (exact) mass is 197 g/mol. The summed E-state index contributed by atoms with van der Waals surface area (Å²) in [7, 11) is 0. The number of rotatable bonds is 3. The summed E-state index contributed by atoms with van der Waals surface area (Å²) in [5, 5.41) is 2.06. The number of nitrogens with zero attached hydrogens (tertiary/aromatic N) is 1. The molecule has 72 valence electrons. The first-order valence-electron chi connectivity index (χ1n) is 4.12. The van der Waals surface area contributed by atoms with Crippen LogP contribution in [0.4, 0.5) is 0 Å². The number of aliphatic imine (C=N–C) groups is 1. The molecule has 0 amide bonds. The first-order valence-corrected chi connectivity index (χ1v) is 5.00. The smallest absolute Gasteiger partial charge is 0.185 e. The molecule has 1 heterocycles. The van der Waals surface area contributed by atoms with E-state index in [1.165, 1.54) is 4.88 Å². The summed E-state index contributed by atoms with van der Waals surface area (Å²) in [5.74, 6) is 0.157. The van der Waals surface area contributed by atoms with Gasteiger partial charge in [-0.25, -0.2) is 0 Å². The van der Waals surface area contributed by atoms with Crippen LogP contribution in [0.15, 0.2) is 22.5 Å². The minimum absolute atomic E-state index is 0.0259. The Bertz CT molecular complexity index is 284. The summed E-state index contributed by atoms with van der Waals surface area (Å²) in [6.45, 7) is 4.90.